The summed E-state index contributed by atoms with van der Waals surface area (Å²) in [6, 6.07) is 13.5. The summed E-state index contributed by atoms with van der Waals surface area (Å²) in [5, 5.41) is 6.29. The first-order chi connectivity index (χ1) is 10.7. The lowest BCUT2D eigenvalue weighted by molar-refractivity contribution is 0.102. The molecule has 0 spiro atoms. The fraction of sp³-hybridized carbons (Fsp3) is 0.333. The largest absolute Gasteiger partial charge is 0.321 e. The summed E-state index contributed by atoms with van der Waals surface area (Å²) in [4.78, 5) is 16.9. The van der Waals surface area contributed by atoms with Gasteiger partial charge in [-0.15, -0.1) is 0 Å². The molecule has 0 bridgehead atoms. The molecule has 3 rings (SSSR count). The minimum Gasteiger partial charge on any atom is -0.321 e. The van der Waals surface area contributed by atoms with Crippen LogP contribution in [-0.2, 0) is 0 Å². The second kappa shape index (κ2) is 6.71. The van der Waals surface area contributed by atoms with E-state index in [4.69, 9.17) is 0 Å². The van der Waals surface area contributed by atoms with Crippen molar-refractivity contribution in [1.82, 2.24) is 10.3 Å². The van der Waals surface area contributed by atoms with Crippen LogP contribution in [0, 0.1) is 6.92 Å². The Morgan fingerprint density at radius 1 is 1.23 bits per heavy atom. The van der Waals surface area contributed by atoms with Crippen LogP contribution >= 0.6 is 0 Å². The van der Waals surface area contributed by atoms with E-state index in [-0.39, 0.29) is 5.91 Å². The van der Waals surface area contributed by atoms with E-state index >= 15 is 0 Å². The molecule has 2 heterocycles. The maximum absolute atomic E-state index is 12.3. The van der Waals surface area contributed by atoms with E-state index < -0.39 is 0 Å². The molecule has 0 aliphatic carbocycles. The SMILES string of the molecule is Cc1ccc(NC(=O)c2cccc([C@@H]3CCCNC3)n2)cc1. The number of benzene rings is 1. The fourth-order valence-electron chi connectivity index (χ4n) is 2.74. The predicted octanol–water partition coefficient (Wildman–Crippen LogP) is 3.11. The molecule has 0 saturated carbocycles. The monoisotopic (exact) mass is 295 g/mol. The Morgan fingerprint density at radius 2 is 2.05 bits per heavy atom. The minimum atomic E-state index is -0.158. The molecule has 2 aromatic rings. The summed E-state index contributed by atoms with van der Waals surface area (Å²) in [5.74, 6) is 0.246. The van der Waals surface area contributed by atoms with Gasteiger partial charge in [0.1, 0.15) is 5.69 Å². The maximum Gasteiger partial charge on any atom is 0.274 e. The third kappa shape index (κ3) is 3.52. The Kier molecular flexibility index (Phi) is 4.49. The van der Waals surface area contributed by atoms with Crippen molar-refractivity contribution in [2.75, 3.05) is 18.4 Å². The number of nitrogens with zero attached hydrogens (tertiary/aromatic N) is 1. The van der Waals surface area contributed by atoms with Crippen molar-refractivity contribution in [3.63, 3.8) is 0 Å². The van der Waals surface area contributed by atoms with Gasteiger partial charge in [0.25, 0.3) is 5.91 Å². The zero-order chi connectivity index (χ0) is 15.4. The highest BCUT2D eigenvalue weighted by molar-refractivity contribution is 6.02. The van der Waals surface area contributed by atoms with Crippen LogP contribution in [0.15, 0.2) is 42.5 Å². The number of rotatable bonds is 3. The Morgan fingerprint density at radius 3 is 2.77 bits per heavy atom. The van der Waals surface area contributed by atoms with Crippen LogP contribution in [-0.4, -0.2) is 24.0 Å². The Labute approximate surface area is 131 Å². The number of piperidine rings is 1. The highest BCUT2D eigenvalue weighted by Gasteiger charge is 2.18. The van der Waals surface area contributed by atoms with Crippen molar-refractivity contribution in [2.24, 2.45) is 0 Å². The van der Waals surface area contributed by atoms with E-state index in [9.17, 15) is 4.79 Å². The molecule has 1 aliphatic rings. The first-order valence-electron chi connectivity index (χ1n) is 7.78. The maximum atomic E-state index is 12.3. The lowest BCUT2D eigenvalue weighted by Crippen LogP contribution is -2.29. The number of carbonyl (C=O) groups is 1. The van der Waals surface area contributed by atoms with Gasteiger partial charge in [-0.25, -0.2) is 4.98 Å². The van der Waals surface area contributed by atoms with E-state index in [1.165, 1.54) is 5.56 Å². The topological polar surface area (TPSA) is 54.0 Å². The quantitative estimate of drug-likeness (QED) is 0.915. The molecule has 1 aromatic heterocycles. The van der Waals surface area contributed by atoms with Gasteiger partial charge in [0.05, 0.1) is 0 Å². The molecule has 1 saturated heterocycles. The van der Waals surface area contributed by atoms with Crippen LogP contribution in [0.4, 0.5) is 5.69 Å². The van der Waals surface area contributed by atoms with Crippen molar-refractivity contribution in [1.29, 1.82) is 0 Å². The third-order valence-corrected chi connectivity index (χ3v) is 4.03. The van der Waals surface area contributed by atoms with Gasteiger partial charge >= 0.3 is 0 Å². The van der Waals surface area contributed by atoms with Crippen molar-refractivity contribution < 1.29 is 4.79 Å². The highest BCUT2D eigenvalue weighted by Crippen LogP contribution is 2.21. The summed E-state index contributed by atoms with van der Waals surface area (Å²) in [6.45, 7) is 4.04. The summed E-state index contributed by atoms with van der Waals surface area (Å²) in [6.07, 6.45) is 2.29. The first kappa shape index (κ1) is 14.7. The zero-order valence-electron chi connectivity index (χ0n) is 12.8. The van der Waals surface area contributed by atoms with E-state index in [0.717, 1.165) is 37.3 Å². The molecule has 1 fully saturated rings. The van der Waals surface area contributed by atoms with E-state index in [1.54, 1.807) is 6.07 Å². The van der Waals surface area contributed by atoms with E-state index in [2.05, 4.69) is 15.6 Å². The number of anilines is 1. The summed E-state index contributed by atoms with van der Waals surface area (Å²) >= 11 is 0. The number of aromatic nitrogens is 1. The summed E-state index contributed by atoms with van der Waals surface area (Å²) < 4.78 is 0. The fourth-order valence-corrected chi connectivity index (χ4v) is 2.74. The lowest BCUT2D eigenvalue weighted by atomic mass is 9.95. The number of hydrogen-bond acceptors (Lipinski definition) is 3. The standard InChI is InChI=1S/C18H21N3O/c1-13-7-9-15(10-8-13)20-18(22)17-6-2-5-16(21-17)14-4-3-11-19-12-14/h2,5-10,14,19H,3-4,11-12H2,1H3,(H,20,22)/t14-/m1/s1. The van der Waals surface area contributed by atoms with Crippen LogP contribution in [0.5, 0.6) is 0 Å². The lowest BCUT2D eigenvalue weighted by Gasteiger charge is -2.22. The molecule has 4 nitrogen and oxygen atoms in total. The molecule has 0 radical (unpaired) electrons. The number of amides is 1. The molecule has 1 aromatic carbocycles. The number of carbonyl (C=O) groups excluding carboxylic acids is 1. The van der Waals surface area contributed by atoms with Gasteiger partial charge in [-0.1, -0.05) is 23.8 Å². The molecule has 0 unspecified atom stereocenters. The van der Waals surface area contributed by atoms with Crippen molar-refractivity contribution in [2.45, 2.75) is 25.7 Å². The number of nitrogens with one attached hydrogen (secondary N) is 2. The predicted molar refractivity (Wildman–Crippen MR) is 88.2 cm³/mol. The molecule has 1 aliphatic heterocycles. The van der Waals surface area contributed by atoms with Crippen molar-refractivity contribution in [3.8, 4) is 0 Å². The van der Waals surface area contributed by atoms with Gasteiger partial charge in [0.15, 0.2) is 0 Å². The minimum absolute atomic E-state index is 0.158. The summed E-state index contributed by atoms with van der Waals surface area (Å²) in [5.41, 5.74) is 3.44. The average Bonchev–Trinajstić information content (AvgIpc) is 2.58. The van der Waals surface area contributed by atoms with Crippen LogP contribution < -0.4 is 10.6 Å². The third-order valence-electron chi connectivity index (χ3n) is 4.03. The van der Waals surface area contributed by atoms with Gasteiger partial charge in [0.2, 0.25) is 0 Å². The second-order valence-corrected chi connectivity index (χ2v) is 5.81. The molecule has 114 valence electrons. The normalized spacial score (nSPS) is 18.0. The number of hydrogen-bond donors (Lipinski definition) is 2. The van der Waals surface area contributed by atoms with Crippen molar-refractivity contribution >= 4 is 11.6 Å². The zero-order valence-corrected chi connectivity index (χ0v) is 12.8. The van der Waals surface area contributed by atoms with Crippen LogP contribution in [0.2, 0.25) is 0 Å². The molecule has 2 N–H and O–H groups in total. The molecule has 22 heavy (non-hydrogen) atoms. The van der Waals surface area contributed by atoms with Crippen LogP contribution in [0.3, 0.4) is 0 Å². The van der Waals surface area contributed by atoms with Gasteiger partial charge in [-0.05, 0) is 50.6 Å². The molecule has 4 heteroatoms. The van der Waals surface area contributed by atoms with E-state index in [1.807, 2.05) is 43.3 Å². The van der Waals surface area contributed by atoms with Crippen LogP contribution in [0.1, 0.15) is 40.5 Å². The number of aryl methyl sites for hydroxylation is 1. The van der Waals surface area contributed by atoms with Gasteiger partial charge in [0, 0.05) is 23.8 Å². The Balaban J connectivity index is 1.73. The molecule has 1 atom stereocenters. The van der Waals surface area contributed by atoms with E-state index in [0.29, 0.717) is 11.6 Å². The van der Waals surface area contributed by atoms with Gasteiger partial charge in [-0.2, -0.15) is 0 Å². The second-order valence-electron chi connectivity index (χ2n) is 5.81. The molecular weight excluding hydrogens is 274 g/mol. The van der Waals surface area contributed by atoms with Crippen LogP contribution in [0.25, 0.3) is 0 Å². The Hall–Kier alpha value is -2.20. The van der Waals surface area contributed by atoms with Gasteiger partial charge in [-0.3, -0.25) is 4.79 Å². The highest BCUT2D eigenvalue weighted by atomic mass is 16.1. The molecule has 1 amide bonds. The van der Waals surface area contributed by atoms with Gasteiger partial charge < -0.3 is 10.6 Å². The first-order valence-corrected chi connectivity index (χ1v) is 7.78. The average molecular weight is 295 g/mol. The Bertz CT molecular complexity index is 646. The summed E-state index contributed by atoms with van der Waals surface area (Å²) in [7, 11) is 0. The molecular formula is C18H21N3O. The smallest absolute Gasteiger partial charge is 0.274 e. The van der Waals surface area contributed by atoms with Crippen molar-refractivity contribution in [3.05, 3.63) is 59.4 Å². The number of pyridine rings is 1.